The number of para-hydroxylation sites is 1. The molecule has 0 aliphatic rings. The third kappa shape index (κ3) is 4.66. The Labute approximate surface area is 197 Å². The molecule has 2 amide bonds. The fraction of sp³-hybridized carbons (Fsp3) is 0.269. The van der Waals surface area contributed by atoms with E-state index < -0.39 is 5.91 Å². The van der Waals surface area contributed by atoms with Gasteiger partial charge in [0.1, 0.15) is 17.0 Å². The van der Waals surface area contributed by atoms with E-state index in [1.807, 2.05) is 38.1 Å². The highest BCUT2D eigenvalue weighted by Gasteiger charge is 2.27. The maximum atomic E-state index is 13.3. The van der Waals surface area contributed by atoms with E-state index in [2.05, 4.69) is 10.5 Å². The minimum absolute atomic E-state index is 0.0912. The Balaban J connectivity index is 1.64. The van der Waals surface area contributed by atoms with Gasteiger partial charge < -0.3 is 23.9 Å². The van der Waals surface area contributed by atoms with Gasteiger partial charge in [0.25, 0.3) is 11.8 Å². The van der Waals surface area contributed by atoms with E-state index in [1.54, 1.807) is 42.3 Å². The van der Waals surface area contributed by atoms with Crippen molar-refractivity contribution in [3.63, 3.8) is 0 Å². The highest BCUT2D eigenvalue weighted by Crippen LogP contribution is 2.32. The van der Waals surface area contributed by atoms with Crippen LogP contribution in [0, 0.1) is 0 Å². The molecule has 4 aromatic rings. The molecule has 4 rings (SSSR count). The van der Waals surface area contributed by atoms with E-state index in [9.17, 15) is 9.59 Å². The number of anilines is 1. The number of carbonyl (C=O) groups excluding carboxylic acids is 2. The second-order valence-electron chi connectivity index (χ2n) is 7.85. The molecule has 0 aliphatic heterocycles. The number of amides is 2. The van der Waals surface area contributed by atoms with Gasteiger partial charge in [-0.25, -0.2) is 0 Å². The number of fused-ring (bicyclic) bond motifs is 1. The average molecular weight is 462 g/mol. The highest BCUT2D eigenvalue weighted by molar-refractivity contribution is 6.14. The molecule has 8 heteroatoms. The van der Waals surface area contributed by atoms with Crippen LogP contribution < -0.4 is 10.1 Å². The molecule has 0 atom stereocenters. The van der Waals surface area contributed by atoms with Gasteiger partial charge in [-0.3, -0.25) is 9.59 Å². The second-order valence-corrected chi connectivity index (χ2v) is 7.85. The summed E-state index contributed by atoms with van der Waals surface area (Å²) in [7, 11) is 1.59. The van der Waals surface area contributed by atoms with E-state index in [0.29, 0.717) is 41.3 Å². The minimum Gasteiger partial charge on any atom is -0.497 e. The number of aromatic nitrogens is 1. The molecule has 176 valence electrons. The lowest BCUT2D eigenvalue weighted by atomic mass is 10.1. The van der Waals surface area contributed by atoms with Crippen molar-refractivity contribution < 1.29 is 23.3 Å². The van der Waals surface area contributed by atoms with Crippen LogP contribution in [0.3, 0.4) is 0 Å². The van der Waals surface area contributed by atoms with Crippen LogP contribution in [0.1, 0.15) is 47.7 Å². The molecule has 0 unspecified atom stereocenters. The maximum Gasteiger partial charge on any atom is 0.291 e. The fourth-order valence-corrected chi connectivity index (χ4v) is 3.77. The first-order chi connectivity index (χ1) is 16.5. The van der Waals surface area contributed by atoms with Gasteiger partial charge in [-0.2, -0.15) is 0 Å². The molecule has 0 fully saturated rings. The van der Waals surface area contributed by atoms with Gasteiger partial charge in [0.15, 0.2) is 11.5 Å². The van der Waals surface area contributed by atoms with Crippen LogP contribution in [-0.4, -0.2) is 42.1 Å². The molecule has 0 bridgehead atoms. The van der Waals surface area contributed by atoms with Crippen LogP contribution in [-0.2, 0) is 0 Å². The summed E-state index contributed by atoms with van der Waals surface area (Å²) in [6.45, 7) is 5.24. The number of carbonyl (C=O) groups is 2. The van der Waals surface area contributed by atoms with Crippen molar-refractivity contribution >= 4 is 28.5 Å². The number of methoxy groups -OCH3 is 1. The van der Waals surface area contributed by atoms with Crippen molar-refractivity contribution in [2.24, 2.45) is 0 Å². The molecule has 2 aromatic heterocycles. The molecule has 1 N–H and O–H groups in total. The molecular weight excluding hydrogens is 434 g/mol. The van der Waals surface area contributed by atoms with E-state index in [4.69, 9.17) is 13.7 Å². The van der Waals surface area contributed by atoms with Crippen LogP contribution in [0.5, 0.6) is 5.75 Å². The molecular formula is C26H27N3O5. The van der Waals surface area contributed by atoms with E-state index >= 15 is 0 Å². The molecule has 0 saturated heterocycles. The third-order valence-corrected chi connectivity index (χ3v) is 5.42. The molecule has 8 nitrogen and oxygen atoms in total. The number of hydrogen-bond acceptors (Lipinski definition) is 6. The monoisotopic (exact) mass is 461 g/mol. The van der Waals surface area contributed by atoms with Crippen LogP contribution >= 0.6 is 0 Å². The Bertz CT molecular complexity index is 1280. The number of ether oxygens (including phenoxy) is 1. The van der Waals surface area contributed by atoms with Crippen molar-refractivity contribution in [2.45, 2.75) is 26.7 Å². The minimum atomic E-state index is -0.498. The van der Waals surface area contributed by atoms with Gasteiger partial charge in [-0.15, -0.1) is 0 Å². The first-order valence-corrected chi connectivity index (χ1v) is 11.3. The van der Waals surface area contributed by atoms with Crippen LogP contribution in [0.25, 0.3) is 22.3 Å². The smallest absolute Gasteiger partial charge is 0.291 e. The van der Waals surface area contributed by atoms with E-state index in [0.717, 1.165) is 18.4 Å². The number of furan rings is 1. The Morgan fingerprint density at radius 3 is 2.41 bits per heavy atom. The normalized spacial score (nSPS) is 10.9. The first-order valence-electron chi connectivity index (χ1n) is 11.3. The zero-order valence-corrected chi connectivity index (χ0v) is 19.5. The molecule has 0 saturated carbocycles. The molecule has 2 heterocycles. The van der Waals surface area contributed by atoms with Crippen molar-refractivity contribution in [3.05, 3.63) is 66.1 Å². The zero-order chi connectivity index (χ0) is 24.1. The lowest BCUT2D eigenvalue weighted by Crippen LogP contribution is -2.32. The predicted molar refractivity (Wildman–Crippen MR) is 129 cm³/mol. The molecule has 34 heavy (non-hydrogen) atoms. The van der Waals surface area contributed by atoms with Gasteiger partial charge in [-0.05, 0) is 49.2 Å². The van der Waals surface area contributed by atoms with Gasteiger partial charge in [0, 0.05) is 30.1 Å². The topological polar surface area (TPSA) is 97.8 Å². The number of rotatable bonds is 9. The first kappa shape index (κ1) is 23.1. The Morgan fingerprint density at radius 2 is 1.74 bits per heavy atom. The number of hydrogen-bond donors (Lipinski definition) is 1. The summed E-state index contributed by atoms with van der Waals surface area (Å²) >= 11 is 0. The standard InChI is InChI=1S/C26H27N3O5/c1-4-14-29(15-5-2)26(31)24-23(19-8-6-7-9-21(19)33-24)27-25(30)20-16-22(34-28-20)17-10-12-18(32-3)13-11-17/h6-13,16H,4-5,14-15H2,1-3H3,(H,27,30). The largest absolute Gasteiger partial charge is 0.497 e. The molecule has 0 aliphatic carbocycles. The Kier molecular flexibility index (Phi) is 6.96. The van der Waals surface area contributed by atoms with E-state index in [-0.39, 0.29) is 17.4 Å². The summed E-state index contributed by atoms with van der Waals surface area (Å²) in [5.41, 5.74) is 1.70. The fourth-order valence-electron chi connectivity index (χ4n) is 3.77. The number of nitrogens with zero attached hydrogens (tertiary/aromatic N) is 2. The zero-order valence-electron chi connectivity index (χ0n) is 19.5. The SMILES string of the molecule is CCCN(CCC)C(=O)c1oc2ccccc2c1NC(=O)c1cc(-c2ccc(OC)cc2)on1. The van der Waals surface area contributed by atoms with Gasteiger partial charge in [-0.1, -0.05) is 31.1 Å². The summed E-state index contributed by atoms with van der Waals surface area (Å²) in [6, 6.07) is 16.0. The second kappa shape index (κ2) is 10.2. The van der Waals surface area contributed by atoms with Crippen LogP contribution in [0.4, 0.5) is 5.69 Å². The van der Waals surface area contributed by atoms with Gasteiger partial charge >= 0.3 is 0 Å². The van der Waals surface area contributed by atoms with Crippen molar-refractivity contribution in [2.75, 3.05) is 25.5 Å². The summed E-state index contributed by atoms with van der Waals surface area (Å²) in [4.78, 5) is 28.1. The third-order valence-electron chi connectivity index (χ3n) is 5.42. The maximum absolute atomic E-state index is 13.3. The van der Waals surface area contributed by atoms with E-state index in [1.165, 1.54) is 0 Å². The number of nitrogens with one attached hydrogen (secondary N) is 1. The van der Waals surface area contributed by atoms with Crippen LogP contribution in [0.2, 0.25) is 0 Å². The van der Waals surface area contributed by atoms with Gasteiger partial charge in [0.05, 0.1) is 7.11 Å². The van der Waals surface area contributed by atoms with Crippen molar-refractivity contribution in [1.29, 1.82) is 0 Å². The highest BCUT2D eigenvalue weighted by atomic mass is 16.5. The summed E-state index contributed by atoms with van der Waals surface area (Å²) < 4.78 is 16.5. The summed E-state index contributed by atoms with van der Waals surface area (Å²) in [5.74, 6) is 0.509. The molecule has 0 spiro atoms. The Morgan fingerprint density at radius 1 is 1.03 bits per heavy atom. The van der Waals surface area contributed by atoms with Crippen molar-refractivity contribution in [3.8, 4) is 17.1 Å². The lowest BCUT2D eigenvalue weighted by Gasteiger charge is -2.20. The van der Waals surface area contributed by atoms with Crippen molar-refractivity contribution in [1.82, 2.24) is 10.1 Å². The average Bonchev–Trinajstić information content (AvgIpc) is 3.49. The Hall–Kier alpha value is -4.07. The summed E-state index contributed by atoms with van der Waals surface area (Å²) in [5, 5.41) is 7.39. The number of benzene rings is 2. The lowest BCUT2D eigenvalue weighted by molar-refractivity contribution is 0.0727. The molecule has 0 radical (unpaired) electrons. The predicted octanol–water partition coefficient (Wildman–Crippen LogP) is 5.61. The van der Waals surface area contributed by atoms with Crippen LogP contribution in [0.15, 0.2) is 63.5 Å². The van der Waals surface area contributed by atoms with Gasteiger partial charge in [0.2, 0.25) is 5.76 Å². The summed E-state index contributed by atoms with van der Waals surface area (Å²) in [6.07, 6.45) is 1.64. The molecule has 2 aromatic carbocycles. The quantitative estimate of drug-likeness (QED) is 0.348.